The van der Waals surface area contributed by atoms with E-state index >= 15 is 0 Å². The topological polar surface area (TPSA) is 43.6 Å². The van der Waals surface area contributed by atoms with Gasteiger partial charge < -0.3 is 4.57 Å². The average Bonchev–Trinajstić information content (AvgIpc) is 3.64. The molecule has 2 atom stereocenters. The van der Waals surface area contributed by atoms with Gasteiger partial charge in [-0.2, -0.15) is 0 Å². The van der Waals surface area contributed by atoms with Crippen LogP contribution in [0, 0.1) is 0 Å². The molecule has 2 heterocycles. The highest BCUT2D eigenvalue weighted by atomic mass is 15.0. The van der Waals surface area contributed by atoms with Gasteiger partial charge in [-0.25, -0.2) is 15.0 Å². The Morgan fingerprint density at radius 3 is 1.74 bits per heavy atom. The molecule has 0 saturated heterocycles. The van der Waals surface area contributed by atoms with E-state index in [4.69, 9.17) is 15.0 Å². The summed E-state index contributed by atoms with van der Waals surface area (Å²) >= 11 is 0. The first-order chi connectivity index (χ1) is 30.2. The lowest BCUT2D eigenvalue weighted by Crippen LogP contribution is -2.16. The zero-order valence-corrected chi connectivity index (χ0v) is 33.5. The lowest BCUT2D eigenvalue weighted by molar-refractivity contribution is 0.579. The van der Waals surface area contributed by atoms with Gasteiger partial charge in [0, 0.05) is 43.9 Å². The normalized spacial score (nSPS) is 15.2. The summed E-state index contributed by atoms with van der Waals surface area (Å²) in [6.07, 6.45) is 1.03. The summed E-state index contributed by atoms with van der Waals surface area (Å²) in [7, 11) is 0. The van der Waals surface area contributed by atoms with Crippen LogP contribution in [0.1, 0.15) is 35.4 Å². The van der Waals surface area contributed by atoms with Crippen molar-refractivity contribution in [1.29, 1.82) is 0 Å². The molecule has 2 aliphatic rings. The smallest absolute Gasteiger partial charge is 0.164 e. The Morgan fingerprint density at radius 2 is 1.02 bits per heavy atom. The quantitative estimate of drug-likeness (QED) is 0.179. The van der Waals surface area contributed by atoms with Crippen LogP contribution in [0.3, 0.4) is 0 Å². The van der Waals surface area contributed by atoms with Crippen molar-refractivity contribution in [3.63, 3.8) is 0 Å². The lowest BCUT2D eigenvalue weighted by atomic mass is 9.70. The van der Waals surface area contributed by atoms with Gasteiger partial charge in [-0.3, -0.25) is 0 Å². The monoisotopic (exact) mass is 778 g/mol. The van der Waals surface area contributed by atoms with Gasteiger partial charge in [0.05, 0.1) is 11.0 Å². The van der Waals surface area contributed by atoms with E-state index in [0.29, 0.717) is 29.3 Å². The van der Waals surface area contributed by atoms with Crippen molar-refractivity contribution in [3.8, 4) is 62.1 Å². The van der Waals surface area contributed by atoms with Gasteiger partial charge in [-0.05, 0) is 92.2 Å². The van der Waals surface area contributed by atoms with E-state index in [1.165, 1.54) is 82.3 Å². The fraction of sp³-hybridized carbons (Fsp3) is 0.0702. The minimum absolute atomic E-state index is 0.335. The third-order valence-electron chi connectivity index (χ3n) is 13.5. The van der Waals surface area contributed by atoms with Crippen LogP contribution >= 0.6 is 0 Å². The van der Waals surface area contributed by atoms with Crippen LogP contribution in [0.25, 0.3) is 105 Å². The van der Waals surface area contributed by atoms with Crippen molar-refractivity contribution >= 4 is 43.4 Å². The van der Waals surface area contributed by atoms with E-state index in [9.17, 15) is 0 Å². The molecule has 2 aliphatic carbocycles. The summed E-state index contributed by atoms with van der Waals surface area (Å²) in [4.78, 5) is 15.1. The van der Waals surface area contributed by atoms with Crippen LogP contribution in [0.2, 0.25) is 0 Å². The molecule has 2 aromatic heterocycles. The van der Waals surface area contributed by atoms with Crippen molar-refractivity contribution in [3.05, 3.63) is 205 Å². The Bertz CT molecular complexity index is 3510. The number of fused-ring (bicyclic) bond motifs is 15. The first-order valence-electron chi connectivity index (χ1n) is 21.3. The largest absolute Gasteiger partial charge is 0.308 e. The molecular formula is C57H38N4. The molecule has 11 aromatic rings. The average molecular weight is 779 g/mol. The maximum atomic E-state index is 5.06. The van der Waals surface area contributed by atoms with Gasteiger partial charge in [0.2, 0.25) is 0 Å². The number of rotatable bonds is 4. The summed E-state index contributed by atoms with van der Waals surface area (Å²) < 4.78 is 2.54. The zero-order chi connectivity index (χ0) is 40.2. The number of nitrogens with zero attached hydrogens (tertiary/aromatic N) is 4. The molecule has 1 unspecified atom stereocenters. The molecule has 4 nitrogen and oxygen atoms in total. The lowest BCUT2D eigenvalue weighted by Gasteiger charge is -2.33. The number of aromatic nitrogens is 4. The third kappa shape index (κ3) is 5.03. The summed E-state index contributed by atoms with van der Waals surface area (Å²) in [6, 6.07) is 68.1. The van der Waals surface area contributed by atoms with E-state index in [-0.39, 0.29) is 0 Å². The van der Waals surface area contributed by atoms with Crippen LogP contribution in [-0.4, -0.2) is 19.5 Å². The van der Waals surface area contributed by atoms with Gasteiger partial charge in [-0.15, -0.1) is 0 Å². The highest BCUT2D eigenvalue weighted by molar-refractivity contribution is 6.29. The molecule has 61 heavy (non-hydrogen) atoms. The predicted molar refractivity (Wildman–Crippen MR) is 251 cm³/mol. The predicted octanol–water partition coefficient (Wildman–Crippen LogP) is 14.4. The summed E-state index contributed by atoms with van der Waals surface area (Å²) in [5.41, 5.74) is 16.3. The third-order valence-corrected chi connectivity index (χ3v) is 13.5. The summed E-state index contributed by atoms with van der Waals surface area (Å²) in [6.45, 7) is 2.46. The molecule has 2 bridgehead atoms. The number of hydrogen-bond donors (Lipinski definition) is 0. The van der Waals surface area contributed by atoms with Gasteiger partial charge >= 0.3 is 0 Å². The summed E-state index contributed by atoms with van der Waals surface area (Å²) in [5, 5.41) is 7.69. The first kappa shape index (κ1) is 34.2. The molecule has 0 spiro atoms. The minimum atomic E-state index is 0.335. The van der Waals surface area contributed by atoms with Crippen molar-refractivity contribution in [2.24, 2.45) is 0 Å². The van der Waals surface area contributed by atoms with Crippen molar-refractivity contribution in [2.75, 3.05) is 0 Å². The van der Waals surface area contributed by atoms with Crippen LogP contribution in [0.15, 0.2) is 188 Å². The van der Waals surface area contributed by atoms with Crippen molar-refractivity contribution in [1.82, 2.24) is 19.5 Å². The van der Waals surface area contributed by atoms with E-state index in [0.717, 1.165) is 28.8 Å². The van der Waals surface area contributed by atoms with E-state index in [2.05, 4.69) is 163 Å². The molecule has 286 valence electrons. The second-order valence-corrected chi connectivity index (χ2v) is 16.7. The molecule has 9 aromatic carbocycles. The number of hydrogen-bond acceptors (Lipinski definition) is 3. The molecule has 0 fully saturated rings. The Labute approximate surface area is 353 Å². The fourth-order valence-corrected chi connectivity index (χ4v) is 10.8. The fourth-order valence-electron chi connectivity index (χ4n) is 10.8. The highest BCUT2D eigenvalue weighted by Crippen LogP contribution is 2.58. The van der Waals surface area contributed by atoms with Crippen LogP contribution < -0.4 is 0 Å². The Hall–Kier alpha value is -7.69. The molecule has 0 saturated carbocycles. The van der Waals surface area contributed by atoms with Crippen LogP contribution in [-0.2, 0) is 6.42 Å². The highest BCUT2D eigenvalue weighted by Gasteiger charge is 2.38. The standard InChI is InChI=1S/C57H38N4/c1-34-40-20-10-11-22-42(40)43-25-14-26-45-49(43)33-48(34)50-44-23-12-13-24-46(44)54-52(51(45)50)47-32-29-35-15-8-9-21-41(35)53(47)61(54)39-30-27-38(28-31-39)57-59-55(36-16-4-2-5-17-36)58-56(60-57)37-18-6-3-7-19-37/h2-32,34,48H,33H2,1H3/t34-,48?/m0/s1. The number of benzene rings is 9. The van der Waals surface area contributed by atoms with Crippen LogP contribution in [0.4, 0.5) is 0 Å². The van der Waals surface area contributed by atoms with Gasteiger partial charge in [-0.1, -0.05) is 171 Å². The van der Waals surface area contributed by atoms with Crippen molar-refractivity contribution < 1.29 is 0 Å². The molecule has 0 amide bonds. The molecule has 4 heteroatoms. The van der Waals surface area contributed by atoms with Crippen molar-refractivity contribution in [2.45, 2.75) is 25.2 Å². The zero-order valence-electron chi connectivity index (χ0n) is 33.5. The molecule has 0 aliphatic heterocycles. The maximum absolute atomic E-state index is 5.06. The van der Waals surface area contributed by atoms with Gasteiger partial charge in [0.25, 0.3) is 0 Å². The Morgan fingerprint density at radius 1 is 0.443 bits per heavy atom. The van der Waals surface area contributed by atoms with Gasteiger partial charge in [0.15, 0.2) is 17.5 Å². The van der Waals surface area contributed by atoms with E-state index < -0.39 is 0 Å². The van der Waals surface area contributed by atoms with Crippen LogP contribution in [0.5, 0.6) is 0 Å². The first-order valence-corrected chi connectivity index (χ1v) is 21.3. The SMILES string of the molecule is C[C@H]1c2ccccc2-c2cccc3c2CC1c1c-3c2c3ccc4ccccc4c3n(-c3ccc(-c4nc(-c5ccccc5)nc(-c5ccccc5)n4)cc3)c2c2ccccc12. The van der Waals surface area contributed by atoms with E-state index in [1.807, 2.05) is 36.4 Å². The maximum Gasteiger partial charge on any atom is 0.164 e. The summed E-state index contributed by atoms with van der Waals surface area (Å²) in [5.74, 6) is 2.63. The molecular weight excluding hydrogens is 741 g/mol. The second-order valence-electron chi connectivity index (χ2n) is 16.7. The van der Waals surface area contributed by atoms with E-state index in [1.54, 1.807) is 0 Å². The molecule has 0 N–H and O–H groups in total. The molecule has 0 radical (unpaired) electrons. The Balaban J connectivity index is 1.10. The Kier molecular flexibility index (Phi) is 7.38. The van der Waals surface area contributed by atoms with Gasteiger partial charge in [0.1, 0.15) is 0 Å². The minimum Gasteiger partial charge on any atom is -0.308 e. The second kappa shape index (κ2) is 13.2. The molecule has 13 rings (SSSR count).